The Morgan fingerprint density at radius 3 is 3.12 bits per heavy atom. The number of likely N-dealkylation sites (tertiary alicyclic amines) is 1. The molecule has 0 radical (unpaired) electrons. The lowest BCUT2D eigenvalue weighted by molar-refractivity contribution is 0.184. The second-order valence-electron chi connectivity index (χ2n) is 4.93. The van der Waals surface area contributed by atoms with E-state index < -0.39 is 0 Å². The lowest BCUT2D eigenvalue weighted by atomic mass is 10.0. The Balaban J connectivity index is 1.59. The molecule has 0 amide bonds. The number of thiophene rings is 1. The fourth-order valence-corrected chi connectivity index (χ4v) is 3.44. The van der Waals surface area contributed by atoms with Gasteiger partial charge in [-0.05, 0) is 37.4 Å². The predicted molar refractivity (Wildman–Crippen MR) is 75.9 cm³/mol. The van der Waals surface area contributed by atoms with Gasteiger partial charge in [-0.15, -0.1) is 11.3 Å². The summed E-state index contributed by atoms with van der Waals surface area (Å²) in [6.45, 7) is 8.09. The summed E-state index contributed by atoms with van der Waals surface area (Å²) in [5.74, 6) is 0.875. The Bertz CT molecular complexity index is 340. The van der Waals surface area contributed by atoms with E-state index in [2.05, 4.69) is 23.2 Å². The third-order valence-electron chi connectivity index (χ3n) is 3.27. The van der Waals surface area contributed by atoms with Crippen LogP contribution in [0.4, 0.5) is 0 Å². The number of halogens is 1. The summed E-state index contributed by atoms with van der Waals surface area (Å²) in [7, 11) is 0. The maximum atomic E-state index is 5.89. The van der Waals surface area contributed by atoms with E-state index in [0.717, 1.165) is 23.3 Å². The van der Waals surface area contributed by atoms with Gasteiger partial charge in [-0.1, -0.05) is 18.5 Å². The van der Waals surface area contributed by atoms with Crippen LogP contribution in [0.25, 0.3) is 0 Å². The quantitative estimate of drug-likeness (QED) is 0.828. The Kier molecular flexibility index (Phi) is 5.29. The van der Waals surface area contributed by atoms with E-state index in [-0.39, 0.29) is 0 Å². The minimum absolute atomic E-state index is 0.875. The standard InChI is InChI=1S/C13H21ClN2S/c1-11-3-2-7-16(10-11)8-6-15-9-12-4-5-13(14)17-12/h4-5,11,15H,2-3,6-10H2,1H3. The molecule has 1 N–H and O–H groups in total. The highest BCUT2D eigenvalue weighted by molar-refractivity contribution is 7.16. The first kappa shape index (κ1) is 13.3. The lowest BCUT2D eigenvalue weighted by Gasteiger charge is -2.30. The number of nitrogens with one attached hydrogen (secondary N) is 1. The van der Waals surface area contributed by atoms with E-state index >= 15 is 0 Å². The van der Waals surface area contributed by atoms with Crippen molar-refractivity contribution in [3.8, 4) is 0 Å². The van der Waals surface area contributed by atoms with Crippen LogP contribution in [-0.2, 0) is 6.54 Å². The molecule has 17 heavy (non-hydrogen) atoms. The molecule has 0 bridgehead atoms. The summed E-state index contributed by atoms with van der Waals surface area (Å²) in [6, 6.07) is 4.07. The molecular formula is C13H21ClN2S. The topological polar surface area (TPSA) is 15.3 Å². The molecule has 1 fully saturated rings. The van der Waals surface area contributed by atoms with E-state index in [9.17, 15) is 0 Å². The summed E-state index contributed by atoms with van der Waals surface area (Å²) in [5.41, 5.74) is 0. The second-order valence-corrected chi connectivity index (χ2v) is 6.73. The van der Waals surface area contributed by atoms with Crippen molar-refractivity contribution < 1.29 is 0 Å². The van der Waals surface area contributed by atoms with Crippen LogP contribution in [0.2, 0.25) is 4.34 Å². The van der Waals surface area contributed by atoms with Crippen LogP contribution in [0.5, 0.6) is 0 Å². The Morgan fingerprint density at radius 1 is 1.53 bits per heavy atom. The highest BCUT2D eigenvalue weighted by Crippen LogP contribution is 2.21. The fraction of sp³-hybridized carbons (Fsp3) is 0.692. The minimum Gasteiger partial charge on any atom is -0.311 e. The Labute approximate surface area is 113 Å². The summed E-state index contributed by atoms with van der Waals surface area (Å²) >= 11 is 7.56. The summed E-state index contributed by atoms with van der Waals surface area (Å²) in [4.78, 5) is 3.89. The van der Waals surface area contributed by atoms with Crippen molar-refractivity contribution in [1.29, 1.82) is 0 Å². The van der Waals surface area contributed by atoms with Gasteiger partial charge in [-0.25, -0.2) is 0 Å². The van der Waals surface area contributed by atoms with E-state index in [4.69, 9.17) is 11.6 Å². The fourth-order valence-electron chi connectivity index (χ4n) is 2.39. The molecular weight excluding hydrogens is 252 g/mol. The maximum Gasteiger partial charge on any atom is 0.0931 e. The molecule has 0 spiro atoms. The largest absolute Gasteiger partial charge is 0.311 e. The van der Waals surface area contributed by atoms with E-state index in [1.165, 1.54) is 37.4 Å². The number of hydrogen-bond acceptors (Lipinski definition) is 3. The molecule has 2 rings (SSSR count). The third kappa shape index (κ3) is 4.59. The van der Waals surface area contributed by atoms with Crippen molar-refractivity contribution in [1.82, 2.24) is 10.2 Å². The van der Waals surface area contributed by atoms with Gasteiger partial charge in [0.15, 0.2) is 0 Å². The number of piperidine rings is 1. The average molecular weight is 273 g/mol. The van der Waals surface area contributed by atoms with Gasteiger partial charge in [0.2, 0.25) is 0 Å². The molecule has 1 saturated heterocycles. The lowest BCUT2D eigenvalue weighted by Crippen LogP contribution is -2.38. The normalized spacial score (nSPS) is 21.9. The molecule has 1 aliphatic rings. The highest BCUT2D eigenvalue weighted by atomic mass is 35.5. The van der Waals surface area contributed by atoms with Crippen molar-refractivity contribution in [3.05, 3.63) is 21.3 Å². The number of nitrogens with zero attached hydrogens (tertiary/aromatic N) is 1. The summed E-state index contributed by atoms with van der Waals surface area (Å²) in [6.07, 6.45) is 2.76. The van der Waals surface area contributed by atoms with Gasteiger partial charge in [0.05, 0.1) is 4.34 Å². The molecule has 0 saturated carbocycles. The van der Waals surface area contributed by atoms with E-state index in [1.807, 2.05) is 6.07 Å². The molecule has 96 valence electrons. The smallest absolute Gasteiger partial charge is 0.0931 e. The number of hydrogen-bond donors (Lipinski definition) is 1. The first-order chi connectivity index (χ1) is 8.24. The molecule has 0 aliphatic carbocycles. The van der Waals surface area contributed by atoms with E-state index in [0.29, 0.717) is 0 Å². The first-order valence-electron chi connectivity index (χ1n) is 6.41. The first-order valence-corrected chi connectivity index (χ1v) is 7.61. The minimum atomic E-state index is 0.875. The molecule has 1 aliphatic heterocycles. The summed E-state index contributed by atoms with van der Waals surface area (Å²) in [5, 5.41) is 3.49. The van der Waals surface area contributed by atoms with Crippen molar-refractivity contribution in [3.63, 3.8) is 0 Å². The molecule has 4 heteroatoms. The molecule has 0 aromatic carbocycles. The third-order valence-corrected chi connectivity index (χ3v) is 4.51. The molecule has 1 unspecified atom stereocenters. The van der Waals surface area contributed by atoms with E-state index in [1.54, 1.807) is 11.3 Å². The predicted octanol–water partition coefficient (Wildman–Crippen LogP) is 3.22. The maximum absolute atomic E-state index is 5.89. The van der Waals surface area contributed by atoms with Crippen LogP contribution < -0.4 is 5.32 Å². The van der Waals surface area contributed by atoms with Gasteiger partial charge in [-0.2, -0.15) is 0 Å². The van der Waals surface area contributed by atoms with Gasteiger partial charge in [0, 0.05) is 31.1 Å². The van der Waals surface area contributed by atoms with Gasteiger partial charge in [0.1, 0.15) is 0 Å². The van der Waals surface area contributed by atoms with Crippen LogP contribution in [0.1, 0.15) is 24.6 Å². The summed E-state index contributed by atoms with van der Waals surface area (Å²) < 4.78 is 0.881. The van der Waals surface area contributed by atoms with Crippen molar-refractivity contribution in [2.75, 3.05) is 26.2 Å². The van der Waals surface area contributed by atoms with Crippen molar-refractivity contribution >= 4 is 22.9 Å². The van der Waals surface area contributed by atoms with Gasteiger partial charge in [0.25, 0.3) is 0 Å². The van der Waals surface area contributed by atoms with Gasteiger partial charge < -0.3 is 10.2 Å². The Morgan fingerprint density at radius 2 is 2.41 bits per heavy atom. The van der Waals surface area contributed by atoms with Crippen LogP contribution in [-0.4, -0.2) is 31.1 Å². The average Bonchev–Trinajstić information content (AvgIpc) is 2.71. The zero-order valence-electron chi connectivity index (χ0n) is 10.4. The Hall–Kier alpha value is -0.0900. The molecule has 1 aromatic rings. The van der Waals surface area contributed by atoms with Crippen LogP contribution in [0.3, 0.4) is 0 Å². The number of rotatable bonds is 5. The van der Waals surface area contributed by atoms with Gasteiger partial charge >= 0.3 is 0 Å². The van der Waals surface area contributed by atoms with Crippen LogP contribution in [0, 0.1) is 5.92 Å². The van der Waals surface area contributed by atoms with Crippen LogP contribution in [0.15, 0.2) is 12.1 Å². The monoisotopic (exact) mass is 272 g/mol. The molecule has 2 nitrogen and oxygen atoms in total. The molecule has 1 atom stereocenters. The van der Waals surface area contributed by atoms with Crippen LogP contribution >= 0.6 is 22.9 Å². The SMILES string of the molecule is CC1CCCN(CCNCc2ccc(Cl)s2)C1. The highest BCUT2D eigenvalue weighted by Gasteiger charge is 2.15. The molecule has 2 heterocycles. The second kappa shape index (κ2) is 6.74. The van der Waals surface area contributed by atoms with Gasteiger partial charge in [-0.3, -0.25) is 0 Å². The zero-order chi connectivity index (χ0) is 12.1. The zero-order valence-corrected chi connectivity index (χ0v) is 12.0. The van der Waals surface area contributed by atoms with Crippen molar-refractivity contribution in [2.45, 2.75) is 26.3 Å². The van der Waals surface area contributed by atoms with Crippen molar-refractivity contribution in [2.24, 2.45) is 5.92 Å². The molecule has 1 aromatic heterocycles.